The topological polar surface area (TPSA) is 32.3 Å². The predicted molar refractivity (Wildman–Crippen MR) is 79.1 cm³/mol. The molecule has 2 aliphatic rings. The molecule has 2 fully saturated rings. The van der Waals surface area contributed by atoms with Crippen molar-refractivity contribution in [2.75, 3.05) is 13.1 Å². The van der Waals surface area contributed by atoms with Crippen LogP contribution in [0.25, 0.3) is 0 Å². The monoisotopic (exact) mass is 268 g/mol. The first-order valence-electron chi connectivity index (χ1n) is 7.45. The fraction of sp³-hybridized carbons (Fsp3) is 0.471. The molecule has 1 N–H and O–H groups in total. The number of benzene rings is 1. The molecule has 3 nitrogen and oxygen atoms in total. The second-order valence-corrected chi connectivity index (χ2v) is 5.53. The van der Waals surface area contributed by atoms with E-state index in [1.165, 1.54) is 12.8 Å². The van der Waals surface area contributed by atoms with E-state index >= 15 is 0 Å². The van der Waals surface area contributed by atoms with Crippen molar-refractivity contribution in [3.63, 3.8) is 0 Å². The van der Waals surface area contributed by atoms with Crippen LogP contribution < -0.4 is 5.32 Å². The molecular formula is C17H20N2O. The van der Waals surface area contributed by atoms with E-state index in [1.807, 2.05) is 35.2 Å². The van der Waals surface area contributed by atoms with Gasteiger partial charge in [-0.05, 0) is 44.4 Å². The average molecular weight is 268 g/mol. The van der Waals surface area contributed by atoms with E-state index in [0.29, 0.717) is 12.1 Å². The maximum Gasteiger partial charge on any atom is 0.299 e. The van der Waals surface area contributed by atoms with Gasteiger partial charge in [0.25, 0.3) is 5.91 Å². The van der Waals surface area contributed by atoms with Crippen molar-refractivity contribution in [3.8, 4) is 11.8 Å². The number of amides is 1. The summed E-state index contributed by atoms with van der Waals surface area (Å²) in [4.78, 5) is 14.3. The molecule has 104 valence electrons. The zero-order valence-corrected chi connectivity index (χ0v) is 11.6. The minimum Gasteiger partial charge on any atom is -0.327 e. The van der Waals surface area contributed by atoms with Gasteiger partial charge in [0.1, 0.15) is 0 Å². The van der Waals surface area contributed by atoms with Crippen LogP contribution in [-0.2, 0) is 4.79 Å². The molecule has 1 aromatic rings. The number of nitrogens with one attached hydrogen (secondary N) is 1. The van der Waals surface area contributed by atoms with Crippen LogP contribution in [0.1, 0.15) is 31.2 Å². The molecule has 0 aliphatic carbocycles. The van der Waals surface area contributed by atoms with Crippen molar-refractivity contribution in [1.82, 2.24) is 10.2 Å². The van der Waals surface area contributed by atoms with Gasteiger partial charge in [-0.3, -0.25) is 4.79 Å². The third-order valence-corrected chi connectivity index (χ3v) is 4.21. The molecule has 2 saturated heterocycles. The summed E-state index contributed by atoms with van der Waals surface area (Å²) in [6.45, 7) is 1.93. The summed E-state index contributed by atoms with van der Waals surface area (Å²) in [6.07, 6.45) is 4.61. The molecule has 2 unspecified atom stereocenters. The van der Waals surface area contributed by atoms with Crippen LogP contribution in [0.5, 0.6) is 0 Å². The van der Waals surface area contributed by atoms with Crippen LogP contribution in [-0.4, -0.2) is 36.0 Å². The average Bonchev–Trinajstić information content (AvgIpc) is 3.15. The number of rotatable bonds is 1. The number of likely N-dealkylation sites (tertiary alicyclic amines) is 1. The Morgan fingerprint density at radius 1 is 1.20 bits per heavy atom. The molecule has 1 aromatic carbocycles. The Morgan fingerprint density at radius 2 is 2.05 bits per heavy atom. The van der Waals surface area contributed by atoms with Crippen LogP contribution in [0.3, 0.4) is 0 Å². The second-order valence-electron chi connectivity index (χ2n) is 5.53. The van der Waals surface area contributed by atoms with Crippen LogP contribution in [0.4, 0.5) is 0 Å². The van der Waals surface area contributed by atoms with E-state index in [2.05, 4.69) is 17.2 Å². The molecule has 0 spiro atoms. The first-order valence-corrected chi connectivity index (χ1v) is 7.45. The normalized spacial score (nSPS) is 25.3. The van der Waals surface area contributed by atoms with E-state index in [4.69, 9.17) is 0 Å². The molecular weight excluding hydrogens is 248 g/mol. The van der Waals surface area contributed by atoms with Gasteiger partial charge in [0, 0.05) is 30.1 Å². The van der Waals surface area contributed by atoms with Gasteiger partial charge in [-0.15, -0.1) is 0 Å². The smallest absolute Gasteiger partial charge is 0.299 e. The molecule has 3 heteroatoms. The fourth-order valence-electron chi connectivity index (χ4n) is 3.22. The standard InChI is InChI=1S/C17H20N2O/c20-17(11-10-14-6-2-1-3-7-14)19-13-5-9-16(19)15-8-4-12-18-15/h1-3,6-7,15-16,18H,4-5,8-9,12-13H2. The van der Waals surface area contributed by atoms with Gasteiger partial charge in [-0.2, -0.15) is 0 Å². The molecule has 0 aromatic heterocycles. The summed E-state index contributed by atoms with van der Waals surface area (Å²) in [5.74, 6) is 5.75. The Morgan fingerprint density at radius 3 is 2.80 bits per heavy atom. The van der Waals surface area contributed by atoms with E-state index in [0.717, 1.165) is 31.5 Å². The van der Waals surface area contributed by atoms with Crippen molar-refractivity contribution in [1.29, 1.82) is 0 Å². The van der Waals surface area contributed by atoms with Gasteiger partial charge in [-0.25, -0.2) is 0 Å². The molecule has 0 radical (unpaired) electrons. The van der Waals surface area contributed by atoms with E-state index in [-0.39, 0.29) is 5.91 Å². The zero-order valence-electron chi connectivity index (χ0n) is 11.6. The van der Waals surface area contributed by atoms with Gasteiger partial charge < -0.3 is 10.2 Å². The van der Waals surface area contributed by atoms with E-state index in [9.17, 15) is 4.79 Å². The highest BCUT2D eigenvalue weighted by atomic mass is 16.2. The number of hydrogen-bond donors (Lipinski definition) is 1. The number of carbonyl (C=O) groups excluding carboxylic acids is 1. The molecule has 2 heterocycles. The Hall–Kier alpha value is -1.79. The summed E-state index contributed by atoms with van der Waals surface area (Å²) in [6, 6.07) is 10.5. The van der Waals surface area contributed by atoms with E-state index in [1.54, 1.807) is 0 Å². The summed E-state index contributed by atoms with van der Waals surface area (Å²) in [5, 5.41) is 3.52. The molecule has 3 rings (SSSR count). The zero-order chi connectivity index (χ0) is 13.8. The van der Waals surface area contributed by atoms with Crippen LogP contribution in [0.15, 0.2) is 30.3 Å². The highest BCUT2D eigenvalue weighted by Gasteiger charge is 2.35. The Kier molecular flexibility index (Phi) is 4.03. The first-order chi connectivity index (χ1) is 9.84. The molecule has 1 amide bonds. The quantitative estimate of drug-likeness (QED) is 0.788. The van der Waals surface area contributed by atoms with Gasteiger partial charge in [0.05, 0.1) is 0 Å². The minimum absolute atomic E-state index is 0.0231. The molecule has 0 bridgehead atoms. The van der Waals surface area contributed by atoms with Crippen LogP contribution >= 0.6 is 0 Å². The number of hydrogen-bond acceptors (Lipinski definition) is 2. The third-order valence-electron chi connectivity index (χ3n) is 4.21. The van der Waals surface area contributed by atoms with Crippen molar-refractivity contribution >= 4 is 5.91 Å². The highest BCUT2D eigenvalue weighted by Crippen LogP contribution is 2.24. The predicted octanol–water partition coefficient (Wildman–Crippen LogP) is 1.78. The Balaban J connectivity index is 1.68. The lowest BCUT2D eigenvalue weighted by molar-refractivity contribution is -0.126. The summed E-state index contributed by atoms with van der Waals surface area (Å²) < 4.78 is 0. The maximum atomic E-state index is 12.3. The Bertz CT molecular complexity index is 523. The molecule has 2 aliphatic heterocycles. The minimum atomic E-state index is -0.0231. The van der Waals surface area contributed by atoms with Gasteiger partial charge in [0.15, 0.2) is 0 Å². The van der Waals surface area contributed by atoms with Gasteiger partial charge in [-0.1, -0.05) is 24.1 Å². The summed E-state index contributed by atoms with van der Waals surface area (Å²) in [7, 11) is 0. The van der Waals surface area contributed by atoms with Gasteiger partial charge in [0.2, 0.25) is 0 Å². The van der Waals surface area contributed by atoms with Crippen LogP contribution in [0, 0.1) is 11.8 Å². The Labute approximate surface area is 120 Å². The summed E-state index contributed by atoms with van der Waals surface area (Å²) >= 11 is 0. The molecule has 20 heavy (non-hydrogen) atoms. The third kappa shape index (κ3) is 2.86. The van der Waals surface area contributed by atoms with Crippen molar-refractivity contribution in [3.05, 3.63) is 35.9 Å². The van der Waals surface area contributed by atoms with Crippen LogP contribution in [0.2, 0.25) is 0 Å². The largest absolute Gasteiger partial charge is 0.327 e. The molecule has 2 atom stereocenters. The number of nitrogens with zero attached hydrogens (tertiary/aromatic N) is 1. The fourth-order valence-corrected chi connectivity index (χ4v) is 3.22. The lowest BCUT2D eigenvalue weighted by Crippen LogP contribution is -2.46. The highest BCUT2D eigenvalue weighted by molar-refractivity contribution is 5.94. The van der Waals surface area contributed by atoms with E-state index < -0.39 is 0 Å². The van der Waals surface area contributed by atoms with Crippen molar-refractivity contribution in [2.45, 2.75) is 37.8 Å². The van der Waals surface area contributed by atoms with Crippen molar-refractivity contribution in [2.24, 2.45) is 0 Å². The molecule has 0 saturated carbocycles. The van der Waals surface area contributed by atoms with Crippen molar-refractivity contribution < 1.29 is 4.79 Å². The first kappa shape index (κ1) is 13.2. The van der Waals surface area contributed by atoms with Gasteiger partial charge >= 0.3 is 0 Å². The SMILES string of the molecule is O=C(C#Cc1ccccc1)N1CCCC1C1CCCN1. The lowest BCUT2D eigenvalue weighted by atomic mass is 10.0. The summed E-state index contributed by atoms with van der Waals surface area (Å²) in [5.41, 5.74) is 0.899. The second kappa shape index (κ2) is 6.11. The lowest BCUT2D eigenvalue weighted by Gasteiger charge is -2.27. The maximum absolute atomic E-state index is 12.3. The number of carbonyl (C=O) groups is 1.